The first kappa shape index (κ1) is 20.6. The van der Waals surface area contributed by atoms with Crippen molar-refractivity contribution in [2.75, 3.05) is 6.61 Å². The molecule has 0 saturated carbocycles. The van der Waals surface area contributed by atoms with E-state index in [9.17, 15) is 9.59 Å². The Bertz CT molecular complexity index is 1070. The molecule has 9 heteroatoms. The van der Waals surface area contributed by atoms with Crippen LogP contribution in [-0.2, 0) is 28.4 Å². The lowest BCUT2D eigenvalue weighted by molar-refractivity contribution is -0.240. The van der Waals surface area contributed by atoms with Crippen molar-refractivity contribution in [2.24, 2.45) is 0 Å². The molecule has 0 bridgehead atoms. The summed E-state index contributed by atoms with van der Waals surface area (Å²) in [5.74, 6) is -2.50. The van der Waals surface area contributed by atoms with Crippen molar-refractivity contribution < 1.29 is 37.6 Å². The van der Waals surface area contributed by atoms with Gasteiger partial charge in [-0.2, -0.15) is 0 Å². The Labute approximate surface area is 178 Å². The van der Waals surface area contributed by atoms with Crippen LogP contribution >= 0.6 is 0 Å². The van der Waals surface area contributed by atoms with Crippen molar-refractivity contribution >= 4 is 16.9 Å². The van der Waals surface area contributed by atoms with E-state index in [2.05, 4.69) is 0 Å². The maximum Gasteiger partial charge on any atom is 0.351 e. The summed E-state index contributed by atoms with van der Waals surface area (Å²) in [6.07, 6.45) is -2.81. The molecule has 3 aliphatic rings. The Morgan fingerprint density at radius 1 is 0.968 bits per heavy atom. The predicted molar refractivity (Wildman–Crippen MR) is 105 cm³/mol. The summed E-state index contributed by atoms with van der Waals surface area (Å²) in [5, 5.41) is 0.624. The third-order valence-electron chi connectivity index (χ3n) is 5.49. The van der Waals surface area contributed by atoms with Crippen LogP contribution < -0.4 is 5.63 Å². The van der Waals surface area contributed by atoms with Crippen LogP contribution in [0.25, 0.3) is 11.0 Å². The molecule has 1 aromatic carbocycles. The van der Waals surface area contributed by atoms with Crippen molar-refractivity contribution in [3.05, 3.63) is 46.3 Å². The number of rotatable bonds is 3. The number of esters is 1. The SMILES string of the molecule is CC1(C)OC2C3OC(C)(C)O[C@H]3C(COC(=O)c3cc4ccccc4oc3=O)O[C@@H]2O1. The van der Waals surface area contributed by atoms with E-state index in [0.29, 0.717) is 11.0 Å². The molecule has 3 saturated heterocycles. The fourth-order valence-corrected chi connectivity index (χ4v) is 4.27. The van der Waals surface area contributed by atoms with Gasteiger partial charge in [0.25, 0.3) is 0 Å². The fourth-order valence-electron chi connectivity index (χ4n) is 4.27. The molecule has 0 spiro atoms. The number of ether oxygens (including phenoxy) is 6. The molecule has 0 amide bonds. The lowest BCUT2D eigenvalue weighted by Crippen LogP contribution is -2.56. The lowest BCUT2D eigenvalue weighted by Gasteiger charge is -2.36. The molecular weight excluding hydrogens is 408 g/mol. The Morgan fingerprint density at radius 2 is 1.65 bits per heavy atom. The van der Waals surface area contributed by atoms with E-state index in [1.807, 2.05) is 0 Å². The normalized spacial score (nSPS) is 33.1. The number of fused-ring (bicyclic) bond motifs is 4. The highest BCUT2D eigenvalue weighted by molar-refractivity contribution is 5.92. The van der Waals surface area contributed by atoms with Gasteiger partial charge >= 0.3 is 11.6 Å². The van der Waals surface area contributed by atoms with Crippen LogP contribution in [0.1, 0.15) is 38.1 Å². The quantitative estimate of drug-likeness (QED) is 0.534. The van der Waals surface area contributed by atoms with E-state index in [1.165, 1.54) is 6.07 Å². The molecule has 9 nitrogen and oxygen atoms in total. The zero-order chi connectivity index (χ0) is 22.0. The van der Waals surface area contributed by atoms with Crippen LogP contribution in [0.2, 0.25) is 0 Å². The second-order valence-corrected chi connectivity index (χ2v) is 8.79. The molecule has 3 fully saturated rings. The molecule has 2 aromatic rings. The topological polar surface area (TPSA) is 103 Å². The fraction of sp³-hybridized carbons (Fsp3) is 0.545. The molecule has 5 atom stereocenters. The van der Waals surface area contributed by atoms with Crippen LogP contribution in [-0.4, -0.2) is 54.9 Å². The standard InChI is InChI=1S/C22H24O9/c1-21(2)28-15-14(27-20-17(16(15)29-21)30-22(3,4)31-20)10-25-18(23)12-9-11-7-5-6-8-13(11)26-19(12)24/h5-9,14-17,20H,10H2,1-4H3/t14?,15-,16?,17?,20+/m0/s1. The van der Waals surface area contributed by atoms with Crippen LogP contribution in [0.4, 0.5) is 0 Å². The molecular formula is C22H24O9. The highest BCUT2D eigenvalue weighted by atomic mass is 16.9. The molecule has 1 aromatic heterocycles. The predicted octanol–water partition coefficient (Wildman–Crippen LogP) is 2.35. The number of hydrogen-bond donors (Lipinski definition) is 0. The van der Waals surface area contributed by atoms with Crippen molar-refractivity contribution in [3.63, 3.8) is 0 Å². The molecule has 3 unspecified atom stereocenters. The average molecular weight is 432 g/mol. The number of carbonyl (C=O) groups excluding carboxylic acids is 1. The lowest BCUT2D eigenvalue weighted by atomic mass is 9.99. The zero-order valence-electron chi connectivity index (χ0n) is 17.7. The second kappa shape index (κ2) is 7.11. The minimum Gasteiger partial charge on any atom is -0.459 e. The molecule has 166 valence electrons. The first-order valence-corrected chi connectivity index (χ1v) is 10.2. The molecule has 4 heterocycles. The summed E-state index contributed by atoms with van der Waals surface area (Å²) in [6.45, 7) is 7.02. The Kier molecular flexibility index (Phi) is 4.72. The van der Waals surface area contributed by atoms with E-state index in [-0.39, 0.29) is 12.2 Å². The molecule has 5 rings (SSSR count). The Balaban J connectivity index is 1.34. The first-order valence-electron chi connectivity index (χ1n) is 10.2. The van der Waals surface area contributed by atoms with E-state index in [1.54, 1.807) is 52.0 Å². The second-order valence-electron chi connectivity index (χ2n) is 8.79. The molecule has 0 radical (unpaired) electrons. The molecule has 3 aliphatic heterocycles. The van der Waals surface area contributed by atoms with E-state index < -0.39 is 53.9 Å². The summed E-state index contributed by atoms with van der Waals surface area (Å²) in [6, 6.07) is 8.39. The van der Waals surface area contributed by atoms with Gasteiger partial charge in [0.1, 0.15) is 42.2 Å². The summed E-state index contributed by atoms with van der Waals surface area (Å²) in [4.78, 5) is 24.9. The van der Waals surface area contributed by atoms with Crippen molar-refractivity contribution in [1.29, 1.82) is 0 Å². The van der Waals surface area contributed by atoms with Crippen LogP contribution in [0.15, 0.2) is 39.5 Å². The highest BCUT2D eigenvalue weighted by Gasteiger charge is 2.60. The summed E-state index contributed by atoms with van der Waals surface area (Å²) < 4.78 is 40.5. The van der Waals surface area contributed by atoms with Gasteiger partial charge in [0.05, 0.1) is 0 Å². The van der Waals surface area contributed by atoms with E-state index in [4.69, 9.17) is 32.8 Å². The first-order chi connectivity index (χ1) is 14.6. The van der Waals surface area contributed by atoms with Crippen molar-refractivity contribution in [2.45, 2.75) is 70.0 Å². The van der Waals surface area contributed by atoms with E-state index in [0.717, 1.165) is 0 Å². The van der Waals surface area contributed by atoms with Gasteiger partial charge in [-0.3, -0.25) is 0 Å². The molecule has 31 heavy (non-hydrogen) atoms. The van der Waals surface area contributed by atoms with Crippen LogP contribution in [0.3, 0.4) is 0 Å². The minimum atomic E-state index is -0.856. The summed E-state index contributed by atoms with van der Waals surface area (Å²) in [5.41, 5.74) is -0.551. The van der Waals surface area contributed by atoms with Crippen molar-refractivity contribution in [3.8, 4) is 0 Å². The Hall–Kier alpha value is -2.30. The highest BCUT2D eigenvalue weighted by Crippen LogP contribution is 2.44. The van der Waals surface area contributed by atoms with Crippen LogP contribution in [0, 0.1) is 0 Å². The van der Waals surface area contributed by atoms with E-state index >= 15 is 0 Å². The van der Waals surface area contributed by atoms with Gasteiger partial charge in [-0.1, -0.05) is 18.2 Å². The van der Waals surface area contributed by atoms with Gasteiger partial charge in [0, 0.05) is 5.39 Å². The number of para-hydroxylation sites is 1. The number of carbonyl (C=O) groups is 1. The van der Waals surface area contributed by atoms with Crippen molar-refractivity contribution in [1.82, 2.24) is 0 Å². The third-order valence-corrected chi connectivity index (χ3v) is 5.49. The monoisotopic (exact) mass is 432 g/mol. The molecule has 0 aliphatic carbocycles. The third kappa shape index (κ3) is 3.77. The number of benzene rings is 1. The van der Waals surface area contributed by atoms with Gasteiger partial charge in [-0.15, -0.1) is 0 Å². The largest absolute Gasteiger partial charge is 0.459 e. The zero-order valence-corrected chi connectivity index (χ0v) is 17.7. The average Bonchev–Trinajstić information content (AvgIpc) is 3.19. The van der Waals surface area contributed by atoms with Gasteiger partial charge < -0.3 is 32.8 Å². The maximum atomic E-state index is 12.6. The van der Waals surface area contributed by atoms with Gasteiger partial charge in [-0.05, 0) is 39.8 Å². The van der Waals surface area contributed by atoms with Crippen LogP contribution in [0.5, 0.6) is 0 Å². The van der Waals surface area contributed by atoms with Gasteiger partial charge in [0.15, 0.2) is 17.9 Å². The smallest absolute Gasteiger partial charge is 0.351 e. The summed E-state index contributed by atoms with van der Waals surface area (Å²) >= 11 is 0. The van der Waals surface area contributed by atoms with Gasteiger partial charge in [0.2, 0.25) is 0 Å². The Morgan fingerprint density at radius 3 is 2.45 bits per heavy atom. The minimum absolute atomic E-state index is 0.154. The number of hydrogen-bond acceptors (Lipinski definition) is 9. The van der Waals surface area contributed by atoms with Gasteiger partial charge in [-0.25, -0.2) is 9.59 Å². The molecule has 0 N–H and O–H groups in total. The summed E-state index contributed by atoms with van der Waals surface area (Å²) in [7, 11) is 0. The maximum absolute atomic E-state index is 12.6.